The lowest BCUT2D eigenvalue weighted by Gasteiger charge is -2.31. The van der Waals surface area contributed by atoms with E-state index in [0.29, 0.717) is 36.8 Å². The molecule has 0 radical (unpaired) electrons. The number of nitrogens with zero attached hydrogens (tertiary/aromatic N) is 4. The number of nitrogens with one attached hydrogen (secondary N) is 1. The highest BCUT2D eigenvalue weighted by atomic mass is 32.2. The van der Waals surface area contributed by atoms with Crippen molar-refractivity contribution in [1.29, 1.82) is 0 Å². The Balaban J connectivity index is 1.28. The van der Waals surface area contributed by atoms with Crippen LogP contribution in [-0.4, -0.2) is 50.3 Å². The molecule has 1 saturated heterocycles. The minimum atomic E-state index is -0.0714. The van der Waals surface area contributed by atoms with E-state index in [9.17, 15) is 9.59 Å². The van der Waals surface area contributed by atoms with Crippen LogP contribution in [-0.2, 0) is 22.1 Å². The maximum absolute atomic E-state index is 12.8. The van der Waals surface area contributed by atoms with E-state index in [2.05, 4.69) is 60.6 Å². The number of hydrogen-bond donors (Lipinski definition) is 1. The van der Waals surface area contributed by atoms with Crippen molar-refractivity contribution in [1.82, 2.24) is 19.7 Å². The second-order valence-corrected chi connectivity index (χ2v) is 10.9. The smallest absolute Gasteiger partial charge is 0.233 e. The number of benzene rings is 2. The molecule has 2 heterocycles. The van der Waals surface area contributed by atoms with Gasteiger partial charge in [-0.25, -0.2) is 0 Å². The fourth-order valence-electron chi connectivity index (χ4n) is 4.19. The maximum atomic E-state index is 12.8. The molecule has 1 N–H and O–H groups in total. The molecule has 2 amide bonds. The van der Waals surface area contributed by atoms with Crippen molar-refractivity contribution in [2.45, 2.75) is 44.2 Å². The first kappa shape index (κ1) is 25.0. The van der Waals surface area contributed by atoms with Crippen LogP contribution >= 0.6 is 11.8 Å². The third-order valence-corrected chi connectivity index (χ3v) is 7.43. The van der Waals surface area contributed by atoms with Crippen molar-refractivity contribution in [3.8, 4) is 11.4 Å². The second-order valence-electron chi connectivity index (χ2n) is 9.99. The van der Waals surface area contributed by atoms with Gasteiger partial charge < -0.3 is 14.8 Å². The number of likely N-dealkylation sites (tertiary alicyclic amines) is 1. The van der Waals surface area contributed by atoms with Crippen molar-refractivity contribution >= 4 is 29.3 Å². The van der Waals surface area contributed by atoms with E-state index >= 15 is 0 Å². The van der Waals surface area contributed by atoms with Crippen molar-refractivity contribution in [2.75, 3.05) is 24.2 Å². The summed E-state index contributed by atoms with van der Waals surface area (Å²) in [4.78, 5) is 27.2. The standard InChI is InChI=1S/C27H33N5O2S/c1-27(2,3)21-12-10-19(11-13-21)24-29-30-26(31(24)4)35-18-23(33)32-16-14-20(15-17-32)25(34)28-22-8-6-5-7-9-22/h5-13,20H,14-18H2,1-4H3,(H,28,34). The van der Waals surface area contributed by atoms with Crippen LogP contribution in [0.4, 0.5) is 5.69 Å². The van der Waals surface area contributed by atoms with Gasteiger partial charge in [0.15, 0.2) is 11.0 Å². The minimum absolute atomic E-state index is 0.0276. The number of carbonyl (C=O) groups excluding carboxylic acids is 2. The van der Waals surface area contributed by atoms with Crippen LogP contribution in [0.1, 0.15) is 39.2 Å². The summed E-state index contributed by atoms with van der Waals surface area (Å²) in [6.45, 7) is 7.76. The Bertz CT molecular complexity index is 1160. The highest BCUT2D eigenvalue weighted by molar-refractivity contribution is 7.99. The zero-order chi connectivity index (χ0) is 25.0. The van der Waals surface area contributed by atoms with E-state index in [-0.39, 0.29) is 23.1 Å². The van der Waals surface area contributed by atoms with E-state index in [1.807, 2.05) is 46.8 Å². The van der Waals surface area contributed by atoms with Gasteiger partial charge in [-0.3, -0.25) is 9.59 Å². The zero-order valence-electron chi connectivity index (χ0n) is 20.8. The highest BCUT2D eigenvalue weighted by Crippen LogP contribution is 2.27. The van der Waals surface area contributed by atoms with Gasteiger partial charge in [0.1, 0.15) is 0 Å². The molecule has 8 heteroatoms. The molecule has 0 spiro atoms. The summed E-state index contributed by atoms with van der Waals surface area (Å²) in [7, 11) is 1.93. The van der Waals surface area contributed by atoms with Gasteiger partial charge in [-0.2, -0.15) is 0 Å². The third-order valence-electron chi connectivity index (χ3n) is 6.43. The van der Waals surface area contributed by atoms with Gasteiger partial charge in [-0.15, -0.1) is 10.2 Å². The Labute approximate surface area is 211 Å². The Kier molecular flexibility index (Phi) is 7.60. The van der Waals surface area contributed by atoms with E-state index < -0.39 is 0 Å². The normalized spacial score (nSPS) is 14.7. The molecule has 3 aromatic rings. The Morgan fingerprint density at radius 3 is 2.29 bits per heavy atom. The monoisotopic (exact) mass is 491 g/mol. The van der Waals surface area contributed by atoms with Crippen molar-refractivity contribution in [3.05, 3.63) is 60.2 Å². The molecule has 0 unspecified atom stereocenters. The van der Waals surface area contributed by atoms with Crippen LogP contribution in [0.5, 0.6) is 0 Å². The Morgan fingerprint density at radius 2 is 1.66 bits per heavy atom. The van der Waals surface area contributed by atoms with Crippen LogP contribution in [0.3, 0.4) is 0 Å². The minimum Gasteiger partial charge on any atom is -0.342 e. The molecule has 7 nitrogen and oxygen atoms in total. The van der Waals surface area contributed by atoms with E-state index in [4.69, 9.17) is 0 Å². The van der Waals surface area contributed by atoms with Crippen LogP contribution < -0.4 is 5.32 Å². The molecule has 1 aromatic heterocycles. The molecule has 0 bridgehead atoms. The molecule has 2 aromatic carbocycles. The van der Waals surface area contributed by atoms with E-state index in [0.717, 1.165) is 17.1 Å². The van der Waals surface area contributed by atoms with Crippen LogP contribution in [0.2, 0.25) is 0 Å². The summed E-state index contributed by atoms with van der Waals surface area (Å²) in [6, 6.07) is 17.9. The van der Waals surface area contributed by atoms with E-state index in [1.165, 1.54) is 17.3 Å². The number of thioether (sulfide) groups is 1. The van der Waals surface area contributed by atoms with Gasteiger partial charge in [-0.05, 0) is 36.0 Å². The lowest BCUT2D eigenvalue weighted by Crippen LogP contribution is -2.42. The van der Waals surface area contributed by atoms with Crippen molar-refractivity contribution in [2.24, 2.45) is 13.0 Å². The fourth-order valence-corrected chi connectivity index (χ4v) is 5.00. The molecule has 1 aliphatic heterocycles. The molecule has 184 valence electrons. The predicted molar refractivity (Wildman–Crippen MR) is 140 cm³/mol. The van der Waals surface area contributed by atoms with Crippen LogP contribution in [0.15, 0.2) is 59.8 Å². The predicted octanol–water partition coefficient (Wildman–Crippen LogP) is 4.75. The SMILES string of the molecule is Cn1c(SCC(=O)N2CCC(C(=O)Nc3ccccc3)CC2)nnc1-c1ccc(C(C)(C)C)cc1. The van der Waals surface area contributed by atoms with Crippen LogP contribution in [0, 0.1) is 5.92 Å². The van der Waals surface area contributed by atoms with Crippen molar-refractivity contribution in [3.63, 3.8) is 0 Å². The molecule has 0 atom stereocenters. The highest BCUT2D eigenvalue weighted by Gasteiger charge is 2.27. The number of aromatic nitrogens is 3. The molecular formula is C27H33N5O2S. The first-order chi connectivity index (χ1) is 16.7. The number of piperidine rings is 1. The first-order valence-electron chi connectivity index (χ1n) is 12.0. The molecule has 4 rings (SSSR count). The second kappa shape index (κ2) is 10.6. The first-order valence-corrected chi connectivity index (χ1v) is 13.0. The number of hydrogen-bond acceptors (Lipinski definition) is 5. The molecule has 0 aliphatic carbocycles. The fraction of sp³-hybridized carbons (Fsp3) is 0.407. The number of anilines is 1. The van der Waals surface area contributed by atoms with Gasteiger partial charge in [0, 0.05) is 37.3 Å². The summed E-state index contributed by atoms with van der Waals surface area (Å²) in [6.07, 6.45) is 1.35. The summed E-state index contributed by atoms with van der Waals surface area (Å²) >= 11 is 1.40. The van der Waals surface area contributed by atoms with Gasteiger partial charge in [0.05, 0.1) is 5.75 Å². The lowest BCUT2D eigenvalue weighted by atomic mass is 9.87. The summed E-state index contributed by atoms with van der Waals surface area (Å²) < 4.78 is 1.93. The molecular weight excluding hydrogens is 458 g/mol. The van der Waals surface area contributed by atoms with E-state index in [1.54, 1.807) is 0 Å². The largest absolute Gasteiger partial charge is 0.342 e. The third kappa shape index (κ3) is 6.11. The summed E-state index contributed by atoms with van der Waals surface area (Å²) in [5, 5.41) is 12.3. The Morgan fingerprint density at radius 1 is 1.00 bits per heavy atom. The molecule has 1 aliphatic rings. The molecule has 35 heavy (non-hydrogen) atoms. The van der Waals surface area contributed by atoms with Gasteiger partial charge in [-0.1, -0.05) is 75.0 Å². The average molecular weight is 492 g/mol. The topological polar surface area (TPSA) is 80.1 Å². The van der Waals surface area contributed by atoms with Crippen LogP contribution in [0.25, 0.3) is 11.4 Å². The maximum Gasteiger partial charge on any atom is 0.233 e. The van der Waals surface area contributed by atoms with Gasteiger partial charge >= 0.3 is 0 Å². The number of carbonyl (C=O) groups is 2. The number of para-hydroxylation sites is 1. The van der Waals surface area contributed by atoms with Gasteiger partial charge in [0.2, 0.25) is 11.8 Å². The summed E-state index contributed by atoms with van der Waals surface area (Å²) in [5.41, 5.74) is 3.17. The Hall–Kier alpha value is -3.13. The molecule has 1 fully saturated rings. The quantitative estimate of drug-likeness (QED) is 0.504. The zero-order valence-corrected chi connectivity index (χ0v) is 21.6. The number of rotatable bonds is 6. The average Bonchev–Trinajstić information content (AvgIpc) is 3.23. The molecule has 0 saturated carbocycles. The number of amides is 2. The van der Waals surface area contributed by atoms with Crippen molar-refractivity contribution < 1.29 is 9.59 Å². The lowest BCUT2D eigenvalue weighted by molar-refractivity contribution is -0.132. The van der Waals surface area contributed by atoms with Gasteiger partial charge in [0.25, 0.3) is 0 Å². The summed E-state index contributed by atoms with van der Waals surface area (Å²) in [5.74, 6) is 1.11.